The molecular formula is C23H24N2O5. The fourth-order valence-corrected chi connectivity index (χ4v) is 2.93. The summed E-state index contributed by atoms with van der Waals surface area (Å²) >= 11 is 0. The lowest BCUT2D eigenvalue weighted by Gasteiger charge is -2.12. The van der Waals surface area contributed by atoms with E-state index < -0.39 is 5.97 Å². The highest BCUT2D eigenvalue weighted by Crippen LogP contribution is 2.20. The Bertz CT molecular complexity index is 952. The maximum absolute atomic E-state index is 12.5. The Morgan fingerprint density at radius 3 is 2.63 bits per heavy atom. The van der Waals surface area contributed by atoms with Crippen molar-refractivity contribution in [3.63, 3.8) is 0 Å². The van der Waals surface area contributed by atoms with Crippen molar-refractivity contribution in [3.8, 4) is 17.1 Å². The van der Waals surface area contributed by atoms with Crippen LogP contribution in [0.5, 0.6) is 5.75 Å². The van der Waals surface area contributed by atoms with Gasteiger partial charge in [-0.05, 0) is 49.6 Å². The molecule has 3 rings (SSSR count). The average Bonchev–Trinajstić information content (AvgIpc) is 3.30. The van der Waals surface area contributed by atoms with E-state index in [1.807, 2.05) is 24.3 Å². The molecule has 0 saturated heterocycles. The topological polar surface area (TPSA) is 102 Å². The SMILES string of the molecule is O=C(O)CCCCCOc1cnccc1CNC(=O)c1ccc(-c2ccco2)cc1. The molecule has 0 aliphatic carbocycles. The predicted octanol–water partition coefficient (Wildman–Crippen LogP) is 4.30. The van der Waals surface area contributed by atoms with E-state index >= 15 is 0 Å². The maximum Gasteiger partial charge on any atom is 0.303 e. The van der Waals surface area contributed by atoms with Crippen molar-refractivity contribution in [2.75, 3.05) is 6.61 Å². The number of nitrogens with zero attached hydrogens (tertiary/aromatic N) is 1. The summed E-state index contributed by atoms with van der Waals surface area (Å²) in [6.45, 7) is 0.788. The Kier molecular flexibility index (Phi) is 7.60. The van der Waals surface area contributed by atoms with Crippen LogP contribution in [-0.2, 0) is 11.3 Å². The molecule has 3 aromatic rings. The Morgan fingerprint density at radius 2 is 1.90 bits per heavy atom. The van der Waals surface area contributed by atoms with Gasteiger partial charge in [0.15, 0.2) is 0 Å². The van der Waals surface area contributed by atoms with Crippen LogP contribution < -0.4 is 10.1 Å². The fourth-order valence-electron chi connectivity index (χ4n) is 2.93. The molecule has 156 valence electrons. The monoisotopic (exact) mass is 408 g/mol. The van der Waals surface area contributed by atoms with E-state index in [4.69, 9.17) is 14.3 Å². The van der Waals surface area contributed by atoms with Gasteiger partial charge in [-0.25, -0.2) is 0 Å². The van der Waals surface area contributed by atoms with Crippen molar-refractivity contribution in [2.45, 2.75) is 32.2 Å². The molecule has 0 unspecified atom stereocenters. The lowest BCUT2D eigenvalue weighted by atomic mass is 10.1. The second-order valence-electron chi connectivity index (χ2n) is 6.77. The van der Waals surface area contributed by atoms with Gasteiger partial charge < -0.3 is 19.6 Å². The number of pyridine rings is 1. The minimum Gasteiger partial charge on any atom is -0.492 e. The molecule has 0 aliphatic rings. The number of hydrogen-bond acceptors (Lipinski definition) is 5. The lowest BCUT2D eigenvalue weighted by molar-refractivity contribution is -0.137. The van der Waals surface area contributed by atoms with Crippen molar-refractivity contribution in [3.05, 3.63) is 72.2 Å². The first-order valence-electron chi connectivity index (χ1n) is 9.83. The number of hydrogen-bond donors (Lipinski definition) is 2. The first-order chi connectivity index (χ1) is 14.6. The highest BCUT2D eigenvalue weighted by Gasteiger charge is 2.09. The van der Waals surface area contributed by atoms with Crippen LogP contribution in [0.3, 0.4) is 0 Å². The Hall–Kier alpha value is -3.61. The molecule has 7 nitrogen and oxygen atoms in total. The predicted molar refractivity (Wildman–Crippen MR) is 111 cm³/mol. The number of carboxylic acid groups (broad SMARTS) is 1. The van der Waals surface area contributed by atoms with Crippen molar-refractivity contribution in [2.24, 2.45) is 0 Å². The Balaban J connectivity index is 1.49. The number of rotatable bonds is 11. The van der Waals surface area contributed by atoms with Crippen LogP contribution in [0.4, 0.5) is 0 Å². The number of aromatic nitrogens is 1. The summed E-state index contributed by atoms with van der Waals surface area (Å²) in [5, 5.41) is 11.5. The van der Waals surface area contributed by atoms with E-state index in [0.29, 0.717) is 30.9 Å². The molecule has 0 saturated carbocycles. The number of furan rings is 1. The summed E-state index contributed by atoms with van der Waals surface area (Å²) in [6, 6.07) is 12.7. The number of carbonyl (C=O) groups excluding carboxylic acids is 1. The van der Waals surface area contributed by atoms with E-state index in [2.05, 4.69) is 10.3 Å². The molecule has 2 heterocycles. The normalized spacial score (nSPS) is 10.5. The standard InChI is InChI=1S/C23H24N2O5/c26-22(27)6-2-1-3-13-30-21-16-24-12-11-19(21)15-25-23(28)18-9-7-17(8-10-18)20-5-4-14-29-20/h4-5,7-12,14,16H,1-3,6,13,15H2,(H,25,28)(H,26,27). The molecule has 0 atom stereocenters. The van der Waals surface area contributed by atoms with Gasteiger partial charge >= 0.3 is 5.97 Å². The van der Waals surface area contributed by atoms with Gasteiger partial charge in [0.1, 0.15) is 11.5 Å². The molecule has 1 aromatic carbocycles. The fraction of sp³-hybridized carbons (Fsp3) is 0.261. The van der Waals surface area contributed by atoms with Gasteiger partial charge in [-0.15, -0.1) is 0 Å². The molecule has 0 aliphatic heterocycles. The molecule has 0 spiro atoms. The van der Waals surface area contributed by atoms with E-state index in [0.717, 1.165) is 29.7 Å². The van der Waals surface area contributed by atoms with Crippen LogP contribution in [0.1, 0.15) is 41.6 Å². The molecule has 2 aromatic heterocycles. The molecule has 2 N–H and O–H groups in total. The number of amides is 1. The summed E-state index contributed by atoms with van der Waals surface area (Å²) in [7, 11) is 0. The molecule has 30 heavy (non-hydrogen) atoms. The average molecular weight is 408 g/mol. The van der Waals surface area contributed by atoms with Crippen LogP contribution >= 0.6 is 0 Å². The number of carboxylic acids is 1. The zero-order valence-corrected chi connectivity index (χ0v) is 16.5. The third kappa shape index (κ3) is 6.20. The van der Waals surface area contributed by atoms with E-state index in [1.165, 1.54) is 0 Å². The number of aliphatic carboxylic acids is 1. The number of benzene rings is 1. The highest BCUT2D eigenvalue weighted by atomic mass is 16.5. The van der Waals surface area contributed by atoms with Gasteiger partial charge in [-0.1, -0.05) is 12.1 Å². The number of unbranched alkanes of at least 4 members (excludes halogenated alkanes) is 2. The molecule has 1 amide bonds. The first kappa shape index (κ1) is 21.1. The van der Waals surface area contributed by atoms with Crippen LogP contribution in [-0.4, -0.2) is 28.6 Å². The second kappa shape index (κ2) is 10.8. The van der Waals surface area contributed by atoms with E-state index in [-0.39, 0.29) is 12.3 Å². The van der Waals surface area contributed by atoms with Crippen LogP contribution in [0.25, 0.3) is 11.3 Å². The van der Waals surface area contributed by atoms with E-state index in [1.54, 1.807) is 36.9 Å². The summed E-state index contributed by atoms with van der Waals surface area (Å²) in [5.41, 5.74) is 2.29. The number of nitrogens with one attached hydrogen (secondary N) is 1. The van der Waals surface area contributed by atoms with Crippen LogP contribution in [0.2, 0.25) is 0 Å². The van der Waals surface area contributed by atoms with E-state index in [9.17, 15) is 9.59 Å². The Morgan fingerprint density at radius 1 is 1.07 bits per heavy atom. The highest BCUT2D eigenvalue weighted by molar-refractivity contribution is 5.94. The third-order valence-corrected chi connectivity index (χ3v) is 4.55. The zero-order valence-electron chi connectivity index (χ0n) is 16.5. The van der Waals surface area contributed by atoms with Crippen molar-refractivity contribution < 1.29 is 23.8 Å². The first-order valence-corrected chi connectivity index (χ1v) is 9.83. The lowest BCUT2D eigenvalue weighted by Crippen LogP contribution is -2.23. The van der Waals surface area contributed by atoms with Gasteiger partial charge in [0.2, 0.25) is 0 Å². The van der Waals surface area contributed by atoms with Gasteiger partial charge in [-0.3, -0.25) is 14.6 Å². The minimum atomic E-state index is -0.781. The third-order valence-electron chi connectivity index (χ3n) is 4.55. The van der Waals surface area contributed by atoms with Crippen molar-refractivity contribution in [1.29, 1.82) is 0 Å². The molecule has 0 bridgehead atoms. The number of carbonyl (C=O) groups is 2. The van der Waals surface area contributed by atoms with Crippen LogP contribution in [0.15, 0.2) is 65.5 Å². The van der Waals surface area contributed by atoms with Crippen LogP contribution in [0, 0.1) is 0 Å². The second-order valence-corrected chi connectivity index (χ2v) is 6.77. The molecule has 7 heteroatoms. The molecule has 0 fully saturated rings. The minimum absolute atomic E-state index is 0.173. The zero-order chi connectivity index (χ0) is 21.2. The van der Waals surface area contributed by atoms with Gasteiger partial charge in [0.05, 0.1) is 19.1 Å². The summed E-state index contributed by atoms with van der Waals surface area (Å²) in [4.78, 5) is 27.1. The largest absolute Gasteiger partial charge is 0.492 e. The molecular weight excluding hydrogens is 384 g/mol. The quantitative estimate of drug-likeness (QED) is 0.459. The Labute approximate surface area is 174 Å². The summed E-state index contributed by atoms with van der Waals surface area (Å²) in [5.74, 6) is 0.405. The van der Waals surface area contributed by atoms with Crippen molar-refractivity contribution >= 4 is 11.9 Å². The maximum atomic E-state index is 12.5. The van der Waals surface area contributed by atoms with Gasteiger partial charge in [-0.2, -0.15) is 0 Å². The summed E-state index contributed by atoms with van der Waals surface area (Å²) in [6.07, 6.45) is 7.24. The van der Waals surface area contributed by atoms with Gasteiger partial charge in [0.25, 0.3) is 5.91 Å². The van der Waals surface area contributed by atoms with Gasteiger partial charge in [0, 0.05) is 35.9 Å². The molecule has 0 radical (unpaired) electrons. The smallest absolute Gasteiger partial charge is 0.303 e. The summed E-state index contributed by atoms with van der Waals surface area (Å²) < 4.78 is 11.1. The van der Waals surface area contributed by atoms with Crippen molar-refractivity contribution in [1.82, 2.24) is 10.3 Å². The number of ether oxygens (including phenoxy) is 1.